The van der Waals surface area contributed by atoms with Gasteiger partial charge in [-0.15, -0.1) is 0 Å². The van der Waals surface area contributed by atoms with Gasteiger partial charge in [-0.25, -0.2) is 0 Å². The maximum absolute atomic E-state index is 5.77. The molecule has 1 atom stereocenters. The number of ether oxygens (including phenoxy) is 2. The molecule has 2 aromatic rings. The van der Waals surface area contributed by atoms with Gasteiger partial charge >= 0.3 is 0 Å². The van der Waals surface area contributed by atoms with E-state index in [0.29, 0.717) is 6.61 Å². The Bertz CT molecular complexity index is 505. The van der Waals surface area contributed by atoms with Crippen LogP contribution in [0.3, 0.4) is 0 Å². The van der Waals surface area contributed by atoms with Crippen LogP contribution in [0.25, 0.3) is 0 Å². The highest BCUT2D eigenvalue weighted by Crippen LogP contribution is 2.17. The van der Waals surface area contributed by atoms with Crippen LogP contribution in [0.15, 0.2) is 54.6 Å². The summed E-state index contributed by atoms with van der Waals surface area (Å²) in [5.74, 6) is 0. The average molecular weight is 284 g/mol. The van der Waals surface area contributed by atoms with Gasteiger partial charge in [0.1, 0.15) is 6.10 Å². The summed E-state index contributed by atoms with van der Waals surface area (Å²) in [6.07, 6.45) is 2.11. The lowest BCUT2D eigenvalue weighted by Gasteiger charge is -2.16. The normalized spacial score (nSPS) is 12.3. The number of rotatable bonds is 8. The van der Waals surface area contributed by atoms with E-state index >= 15 is 0 Å². The molecule has 1 unspecified atom stereocenters. The molecular formula is C19H24O2. The number of methoxy groups -OCH3 is 1. The van der Waals surface area contributed by atoms with Crippen molar-refractivity contribution in [1.29, 1.82) is 0 Å². The predicted molar refractivity (Wildman–Crippen MR) is 86.5 cm³/mol. The SMILES string of the molecule is COC(COCCCc1ccccc1)c1ccc(C)cc1. The van der Waals surface area contributed by atoms with E-state index < -0.39 is 0 Å². The molecule has 0 radical (unpaired) electrons. The number of hydrogen-bond donors (Lipinski definition) is 0. The lowest BCUT2D eigenvalue weighted by atomic mass is 10.1. The highest BCUT2D eigenvalue weighted by atomic mass is 16.5. The monoisotopic (exact) mass is 284 g/mol. The summed E-state index contributed by atoms with van der Waals surface area (Å²) in [7, 11) is 1.73. The van der Waals surface area contributed by atoms with Crippen LogP contribution in [0.4, 0.5) is 0 Å². The minimum atomic E-state index is 0.0160. The molecule has 112 valence electrons. The minimum Gasteiger partial charge on any atom is -0.378 e. The van der Waals surface area contributed by atoms with Crippen molar-refractivity contribution in [3.05, 3.63) is 71.3 Å². The van der Waals surface area contributed by atoms with E-state index in [1.807, 2.05) is 6.07 Å². The highest BCUT2D eigenvalue weighted by Gasteiger charge is 2.10. The topological polar surface area (TPSA) is 18.5 Å². The third-order valence-electron chi connectivity index (χ3n) is 3.60. The zero-order chi connectivity index (χ0) is 14.9. The van der Waals surface area contributed by atoms with Crippen molar-refractivity contribution < 1.29 is 9.47 Å². The molecule has 0 saturated carbocycles. The van der Waals surface area contributed by atoms with Crippen molar-refractivity contribution in [2.45, 2.75) is 25.9 Å². The van der Waals surface area contributed by atoms with Crippen LogP contribution in [-0.2, 0) is 15.9 Å². The van der Waals surface area contributed by atoms with Crippen molar-refractivity contribution in [2.24, 2.45) is 0 Å². The highest BCUT2D eigenvalue weighted by molar-refractivity contribution is 5.23. The first-order chi connectivity index (χ1) is 10.3. The van der Waals surface area contributed by atoms with Crippen molar-refractivity contribution in [2.75, 3.05) is 20.3 Å². The fraction of sp³-hybridized carbons (Fsp3) is 0.368. The summed E-state index contributed by atoms with van der Waals surface area (Å²) in [5, 5.41) is 0. The Balaban J connectivity index is 1.70. The first kappa shape index (κ1) is 15.7. The van der Waals surface area contributed by atoms with Gasteiger partial charge in [0.15, 0.2) is 0 Å². The van der Waals surface area contributed by atoms with E-state index in [9.17, 15) is 0 Å². The Morgan fingerprint density at radius 3 is 2.33 bits per heavy atom. The summed E-state index contributed by atoms with van der Waals surface area (Å²) in [6, 6.07) is 18.9. The van der Waals surface area contributed by atoms with Crippen LogP contribution in [-0.4, -0.2) is 20.3 Å². The second-order valence-corrected chi connectivity index (χ2v) is 5.30. The molecule has 0 amide bonds. The molecule has 0 aliphatic heterocycles. The third-order valence-corrected chi connectivity index (χ3v) is 3.60. The van der Waals surface area contributed by atoms with Gasteiger partial charge in [0.2, 0.25) is 0 Å². The van der Waals surface area contributed by atoms with Gasteiger partial charge in [-0.05, 0) is 30.9 Å². The molecule has 2 aromatic carbocycles. The van der Waals surface area contributed by atoms with Crippen LogP contribution < -0.4 is 0 Å². The van der Waals surface area contributed by atoms with E-state index in [1.54, 1.807) is 7.11 Å². The Kier molecular flexibility index (Phi) is 6.45. The first-order valence-corrected chi connectivity index (χ1v) is 7.50. The molecule has 0 heterocycles. The van der Waals surface area contributed by atoms with Crippen molar-refractivity contribution >= 4 is 0 Å². The minimum absolute atomic E-state index is 0.0160. The van der Waals surface area contributed by atoms with Crippen LogP contribution in [0.2, 0.25) is 0 Å². The smallest absolute Gasteiger partial charge is 0.105 e. The average Bonchev–Trinajstić information content (AvgIpc) is 2.53. The standard InChI is InChI=1S/C19H24O2/c1-16-10-12-18(13-11-16)19(20-2)15-21-14-6-9-17-7-4-3-5-8-17/h3-5,7-8,10-13,19H,6,9,14-15H2,1-2H3. The summed E-state index contributed by atoms with van der Waals surface area (Å²) < 4.78 is 11.3. The Morgan fingerprint density at radius 1 is 0.952 bits per heavy atom. The molecule has 0 fully saturated rings. The largest absolute Gasteiger partial charge is 0.378 e. The van der Waals surface area contributed by atoms with Crippen molar-refractivity contribution in [3.63, 3.8) is 0 Å². The van der Waals surface area contributed by atoms with Crippen LogP contribution in [0.5, 0.6) is 0 Å². The maximum atomic E-state index is 5.77. The molecular weight excluding hydrogens is 260 g/mol. The van der Waals surface area contributed by atoms with E-state index in [-0.39, 0.29) is 6.10 Å². The van der Waals surface area contributed by atoms with Gasteiger partial charge in [-0.2, -0.15) is 0 Å². The number of aryl methyl sites for hydroxylation is 2. The van der Waals surface area contributed by atoms with Gasteiger partial charge in [-0.3, -0.25) is 0 Å². The first-order valence-electron chi connectivity index (χ1n) is 7.50. The summed E-state index contributed by atoms with van der Waals surface area (Å²) in [6.45, 7) is 3.46. The van der Waals surface area contributed by atoms with Gasteiger partial charge in [0.25, 0.3) is 0 Å². The molecule has 0 aliphatic rings. The molecule has 0 aliphatic carbocycles. The van der Waals surface area contributed by atoms with Gasteiger partial charge in [0.05, 0.1) is 6.61 Å². The molecule has 0 saturated heterocycles. The van der Waals surface area contributed by atoms with Gasteiger partial charge in [-0.1, -0.05) is 60.2 Å². The third kappa shape index (κ3) is 5.33. The van der Waals surface area contributed by atoms with Gasteiger partial charge < -0.3 is 9.47 Å². The molecule has 21 heavy (non-hydrogen) atoms. The Morgan fingerprint density at radius 2 is 1.67 bits per heavy atom. The molecule has 0 spiro atoms. The van der Waals surface area contributed by atoms with Crippen LogP contribution in [0, 0.1) is 6.92 Å². The fourth-order valence-electron chi connectivity index (χ4n) is 2.29. The molecule has 2 rings (SSSR count). The Labute approximate surface area is 127 Å². The second-order valence-electron chi connectivity index (χ2n) is 5.30. The van der Waals surface area contributed by atoms with E-state index in [0.717, 1.165) is 19.4 Å². The molecule has 0 bridgehead atoms. The van der Waals surface area contributed by atoms with E-state index in [4.69, 9.17) is 9.47 Å². The summed E-state index contributed by atoms with van der Waals surface area (Å²) >= 11 is 0. The zero-order valence-corrected chi connectivity index (χ0v) is 12.9. The zero-order valence-electron chi connectivity index (χ0n) is 12.9. The van der Waals surface area contributed by atoms with Crippen molar-refractivity contribution in [3.8, 4) is 0 Å². The van der Waals surface area contributed by atoms with Crippen molar-refractivity contribution in [1.82, 2.24) is 0 Å². The van der Waals surface area contributed by atoms with Crippen LogP contribution in [0.1, 0.15) is 29.2 Å². The van der Waals surface area contributed by atoms with Crippen LogP contribution >= 0.6 is 0 Å². The molecule has 0 aromatic heterocycles. The number of hydrogen-bond acceptors (Lipinski definition) is 2. The summed E-state index contributed by atoms with van der Waals surface area (Å²) in [5.41, 5.74) is 3.80. The summed E-state index contributed by atoms with van der Waals surface area (Å²) in [4.78, 5) is 0. The lowest BCUT2D eigenvalue weighted by Crippen LogP contribution is -2.11. The maximum Gasteiger partial charge on any atom is 0.105 e. The van der Waals surface area contributed by atoms with Gasteiger partial charge in [0, 0.05) is 13.7 Å². The molecule has 2 heteroatoms. The quantitative estimate of drug-likeness (QED) is 0.672. The predicted octanol–water partition coefficient (Wildman–Crippen LogP) is 4.33. The second kappa shape index (κ2) is 8.60. The molecule has 2 nitrogen and oxygen atoms in total. The fourth-order valence-corrected chi connectivity index (χ4v) is 2.29. The number of benzene rings is 2. The van der Waals surface area contributed by atoms with E-state index in [2.05, 4.69) is 55.5 Å². The molecule has 0 N–H and O–H groups in total. The Hall–Kier alpha value is -1.64. The van der Waals surface area contributed by atoms with E-state index in [1.165, 1.54) is 16.7 Å². The lowest BCUT2D eigenvalue weighted by molar-refractivity contribution is 0.00675.